The molecule has 1 fully saturated rings. The first-order valence-corrected chi connectivity index (χ1v) is 6.10. The Balaban J connectivity index is 1.74. The molecular weight excluding hydrogens is 234 g/mol. The van der Waals surface area contributed by atoms with Crippen LogP contribution in [-0.2, 0) is 0 Å². The molecule has 0 radical (unpaired) electrons. The van der Waals surface area contributed by atoms with Gasteiger partial charge in [-0.1, -0.05) is 6.42 Å². The third-order valence-electron chi connectivity index (χ3n) is 3.44. The molecule has 1 saturated carbocycles. The quantitative estimate of drug-likeness (QED) is 0.711. The highest BCUT2D eigenvalue weighted by atomic mass is 16.3. The third-order valence-corrected chi connectivity index (χ3v) is 3.44. The minimum absolute atomic E-state index is 0.224. The van der Waals surface area contributed by atoms with E-state index in [9.17, 15) is 9.90 Å². The fourth-order valence-electron chi connectivity index (χ4n) is 2.39. The summed E-state index contributed by atoms with van der Waals surface area (Å²) < 4.78 is 1.22. The maximum absolute atomic E-state index is 11.4. The Morgan fingerprint density at radius 2 is 2.39 bits per heavy atom. The summed E-state index contributed by atoms with van der Waals surface area (Å²) in [7, 11) is 0. The Morgan fingerprint density at radius 3 is 3.17 bits per heavy atom. The smallest absolute Gasteiger partial charge is 0.364 e. The molecule has 0 aromatic carbocycles. The van der Waals surface area contributed by atoms with Crippen LogP contribution in [0, 0.1) is 5.92 Å². The summed E-state index contributed by atoms with van der Waals surface area (Å²) in [5, 5.41) is 23.2. The van der Waals surface area contributed by atoms with Crippen LogP contribution in [0.2, 0.25) is 0 Å². The predicted octanol–water partition coefficient (Wildman–Crippen LogP) is -0.00950. The molecule has 2 aromatic rings. The van der Waals surface area contributed by atoms with E-state index in [1.54, 1.807) is 12.1 Å². The van der Waals surface area contributed by atoms with Gasteiger partial charge in [0, 0.05) is 12.5 Å². The number of hydrogen-bond donors (Lipinski definition) is 3. The molecule has 0 spiro atoms. The normalized spacial score (nSPS) is 23.6. The Kier molecular flexibility index (Phi) is 2.75. The van der Waals surface area contributed by atoms with Crippen molar-refractivity contribution in [3.05, 3.63) is 22.6 Å². The number of nitrogens with zero attached hydrogens (tertiary/aromatic N) is 3. The number of H-pyrrole nitrogens is 1. The number of hydrogen-bond acceptors (Lipinski definition) is 5. The average Bonchev–Trinajstić information content (AvgIpc) is 2.94. The van der Waals surface area contributed by atoms with Gasteiger partial charge in [0.15, 0.2) is 5.65 Å². The van der Waals surface area contributed by atoms with Crippen LogP contribution >= 0.6 is 0 Å². The van der Waals surface area contributed by atoms with E-state index < -0.39 is 0 Å². The summed E-state index contributed by atoms with van der Waals surface area (Å²) in [5.74, 6) is 0.883. The summed E-state index contributed by atoms with van der Waals surface area (Å²) in [4.78, 5) is 11.4. The zero-order valence-corrected chi connectivity index (χ0v) is 9.83. The standard InChI is InChI=1S/C11H15N5O2/c17-8-3-1-2-7(8)6-12-9-4-5-10-13-14-11(18)16(10)15-9/h4-5,7-8,17H,1-3,6H2,(H,12,15)(H,14,18). The molecule has 0 amide bonds. The van der Waals surface area contributed by atoms with Gasteiger partial charge in [-0.2, -0.15) is 9.61 Å². The van der Waals surface area contributed by atoms with Crippen LogP contribution in [0.25, 0.3) is 5.65 Å². The maximum atomic E-state index is 11.4. The Labute approximate surface area is 103 Å². The monoisotopic (exact) mass is 249 g/mol. The van der Waals surface area contributed by atoms with Crippen LogP contribution in [0.3, 0.4) is 0 Å². The summed E-state index contributed by atoms with van der Waals surface area (Å²) in [6.45, 7) is 0.673. The van der Waals surface area contributed by atoms with Gasteiger partial charge in [-0.05, 0) is 25.0 Å². The molecule has 2 unspecified atom stereocenters. The van der Waals surface area contributed by atoms with Crippen LogP contribution in [0.4, 0.5) is 5.82 Å². The van der Waals surface area contributed by atoms with E-state index in [1.807, 2.05) is 0 Å². The van der Waals surface area contributed by atoms with E-state index in [1.165, 1.54) is 4.52 Å². The lowest BCUT2D eigenvalue weighted by molar-refractivity contribution is 0.138. The largest absolute Gasteiger partial charge is 0.393 e. The fraction of sp³-hybridized carbons (Fsp3) is 0.545. The van der Waals surface area contributed by atoms with Gasteiger partial charge in [-0.3, -0.25) is 0 Å². The number of anilines is 1. The first kappa shape index (κ1) is 11.2. The van der Waals surface area contributed by atoms with Gasteiger partial charge in [0.1, 0.15) is 5.82 Å². The van der Waals surface area contributed by atoms with Gasteiger partial charge in [-0.15, -0.1) is 5.10 Å². The van der Waals surface area contributed by atoms with Crippen molar-refractivity contribution in [2.24, 2.45) is 5.92 Å². The third kappa shape index (κ3) is 1.97. The van der Waals surface area contributed by atoms with Gasteiger partial charge in [0.05, 0.1) is 6.10 Å². The number of rotatable bonds is 3. The van der Waals surface area contributed by atoms with Crippen LogP contribution < -0.4 is 11.0 Å². The molecule has 2 heterocycles. The minimum Gasteiger partial charge on any atom is -0.393 e. The molecule has 3 rings (SSSR count). The lowest BCUT2D eigenvalue weighted by Gasteiger charge is -2.15. The Morgan fingerprint density at radius 1 is 1.50 bits per heavy atom. The van der Waals surface area contributed by atoms with Gasteiger partial charge in [0.25, 0.3) is 0 Å². The first-order chi connectivity index (χ1) is 8.74. The number of aromatic amines is 1. The molecule has 96 valence electrons. The van der Waals surface area contributed by atoms with Crippen LogP contribution in [0.15, 0.2) is 16.9 Å². The lowest BCUT2D eigenvalue weighted by atomic mass is 10.1. The topological polar surface area (TPSA) is 95.3 Å². The van der Waals surface area contributed by atoms with E-state index in [0.717, 1.165) is 19.3 Å². The minimum atomic E-state index is -0.352. The number of aliphatic hydroxyl groups excluding tert-OH is 1. The summed E-state index contributed by atoms with van der Waals surface area (Å²) in [6, 6.07) is 3.50. The number of fused-ring (bicyclic) bond motifs is 1. The number of nitrogens with one attached hydrogen (secondary N) is 2. The molecule has 1 aliphatic rings. The molecule has 1 aliphatic carbocycles. The van der Waals surface area contributed by atoms with E-state index in [0.29, 0.717) is 18.0 Å². The summed E-state index contributed by atoms with van der Waals surface area (Å²) >= 11 is 0. The predicted molar refractivity (Wildman–Crippen MR) is 65.4 cm³/mol. The van der Waals surface area contributed by atoms with Crippen molar-refractivity contribution < 1.29 is 5.11 Å². The van der Waals surface area contributed by atoms with Gasteiger partial charge in [-0.25, -0.2) is 9.89 Å². The second-order valence-electron chi connectivity index (χ2n) is 4.66. The summed E-state index contributed by atoms with van der Waals surface area (Å²) in [6.07, 6.45) is 2.75. The van der Waals surface area contributed by atoms with Gasteiger partial charge >= 0.3 is 5.69 Å². The molecule has 0 saturated heterocycles. The highest BCUT2D eigenvalue weighted by Crippen LogP contribution is 2.25. The molecule has 7 nitrogen and oxygen atoms in total. The molecular formula is C11H15N5O2. The Bertz CT molecular complexity index is 605. The molecule has 7 heteroatoms. The molecule has 0 aliphatic heterocycles. The van der Waals surface area contributed by atoms with Gasteiger partial charge < -0.3 is 10.4 Å². The van der Waals surface area contributed by atoms with Crippen molar-refractivity contribution in [1.29, 1.82) is 0 Å². The number of aliphatic hydroxyl groups is 1. The van der Waals surface area contributed by atoms with E-state index in [4.69, 9.17) is 0 Å². The van der Waals surface area contributed by atoms with Crippen molar-refractivity contribution in [1.82, 2.24) is 19.8 Å². The van der Waals surface area contributed by atoms with E-state index >= 15 is 0 Å². The lowest BCUT2D eigenvalue weighted by Crippen LogP contribution is -2.23. The highest BCUT2D eigenvalue weighted by molar-refractivity contribution is 5.42. The molecule has 3 N–H and O–H groups in total. The van der Waals surface area contributed by atoms with E-state index in [-0.39, 0.29) is 17.7 Å². The zero-order valence-electron chi connectivity index (χ0n) is 9.83. The zero-order chi connectivity index (χ0) is 12.5. The van der Waals surface area contributed by atoms with Crippen molar-refractivity contribution in [2.45, 2.75) is 25.4 Å². The van der Waals surface area contributed by atoms with Crippen molar-refractivity contribution in [3.8, 4) is 0 Å². The molecule has 2 atom stereocenters. The van der Waals surface area contributed by atoms with Crippen molar-refractivity contribution in [3.63, 3.8) is 0 Å². The second kappa shape index (κ2) is 4.41. The first-order valence-electron chi connectivity index (χ1n) is 6.10. The van der Waals surface area contributed by atoms with Gasteiger partial charge in [0.2, 0.25) is 0 Å². The van der Waals surface area contributed by atoms with E-state index in [2.05, 4.69) is 20.6 Å². The highest BCUT2D eigenvalue weighted by Gasteiger charge is 2.24. The molecule has 0 bridgehead atoms. The average molecular weight is 249 g/mol. The van der Waals surface area contributed by atoms with Crippen LogP contribution in [0.5, 0.6) is 0 Å². The fourth-order valence-corrected chi connectivity index (χ4v) is 2.39. The summed E-state index contributed by atoms with van der Waals surface area (Å²) in [5.41, 5.74) is 0.140. The van der Waals surface area contributed by atoms with Crippen molar-refractivity contribution >= 4 is 11.5 Å². The number of aromatic nitrogens is 4. The van der Waals surface area contributed by atoms with Crippen molar-refractivity contribution in [2.75, 3.05) is 11.9 Å². The maximum Gasteiger partial charge on any atom is 0.364 e. The molecule has 18 heavy (non-hydrogen) atoms. The van der Waals surface area contributed by atoms with Crippen LogP contribution in [0.1, 0.15) is 19.3 Å². The SMILES string of the molecule is O=c1[nH]nc2ccc(NCC3CCCC3O)nn12. The second-order valence-corrected chi connectivity index (χ2v) is 4.66. The van der Waals surface area contributed by atoms with Crippen LogP contribution in [-0.4, -0.2) is 37.6 Å². The Hall–Kier alpha value is -1.89. The molecule has 2 aromatic heterocycles.